The van der Waals surface area contributed by atoms with Crippen molar-refractivity contribution in [1.82, 2.24) is 0 Å². The van der Waals surface area contributed by atoms with Gasteiger partial charge in [0.25, 0.3) is 0 Å². The average molecular weight is 288 g/mol. The zero-order valence-corrected chi connectivity index (χ0v) is 11.1. The molecular formula is C13H12FeO4. The normalized spacial score (nSPS) is 6.50. The molecule has 1 rings (SSSR count). The molecule has 5 heteroatoms. The van der Waals surface area contributed by atoms with Gasteiger partial charge in [0, 0.05) is 17.1 Å². The number of hydrogen-bond acceptors (Lipinski definition) is 1. The fourth-order valence-electron chi connectivity index (χ4n) is 0.937. The first-order valence-electron chi connectivity index (χ1n) is 4.41. The molecule has 0 heterocycles. The molecule has 1 aromatic rings. The van der Waals surface area contributed by atoms with Gasteiger partial charge >= 0.3 is 33.9 Å². The van der Waals surface area contributed by atoms with Gasteiger partial charge in [-0.25, -0.2) is 0 Å². The molecule has 0 aliphatic heterocycles. The first-order valence-corrected chi connectivity index (χ1v) is 4.41. The molecule has 4 nitrogen and oxygen atoms in total. The van der Waals surface area contributed by atoms with Gasteiger partial charge in [-0.05, 0) is 23.6 Å². The Hall–Kier alpha value is -1.37. The molecule has 0 aliphatic carbocycles. The minimum absolute atomic E-state index is 0. The first-order chi connectivity index (χ1) is 8.20. The van der Waals surface area contributed by atoms with E-state index < -0.39 is 0 Å². The quantitative estimate of drug-likeness (QED) is 0.442. The van der Waals surface area contributed by atoms with Crippen LogP contribution in [0.4, 0.5) is 0 Å². The van der Waals surface area contributed by atoms with Crippen molar-refractivity contribution in [3.63, 3.8) is 0 Å². The first kappa shape index (κ1) is 25.5. The smallest absolute Gasteiger partial charge is 0 e. The third-order valence-corrected chi connectivity index (χ3v) is 1.64. The summed E-state index contributed by atoms with van der Waals surface area (Å²) in [5.74, 6) is 0.426. The van der Waals surface area contributed by atoms with Crippen molar-refractivity contribution in [2.45, 2.75) is 19.8 Å². The van der Waals surface area contributed by atoms with E-state index in [2.05, 4.69) is 33.8 Å². The second-order valence-electron chi connectivity index (χ2n) is 2.92. The van der Waals surface area contributed by atoms with Gasteiger partial charge in [0.05, 0.1) is 0 Å². The molecule has 96 valence electrons. The van der Waals surface area contributed by atoms with Crippen molar-refractivity contribution < 1.29 is 31.0 Å². The van der Waals surface area contributed by atoms with Crippen LogP contribution < -0.4 is 5.43 Å². The van der Waals surface area contributed by atoms with E-state index in [0.29, 0.717) is 5.92 Å². The van der Waals surface area contributed by atoms with Crippen LogP contribution in [0.1, 0.15) is 25.3 Å². The van der Waals surface area contributed by atoms with Crippen LogP contribution in [0, 0.1) is 20.0 Å². The summed E-state index contributed by atoms with van der Waals surface area (Å²) in [4.78, 5) is 11.0. The van der Waals surface area contributed by atoms with Crippen LogP contribution in [0.3, 0.4) is 0 Å². The van der Waals surface area contributed by atoms with E-state index in [1.807, 2.05) is 12.1 Å². The Morgan fingerprint density at radius 2 is 1.33 bits per heavy atom. The Bertz CT molecular complexity index is 393. The molecule has 0 fully saturated rings. The van der Waals surface area contributed by atoms with Crippen molar-refractivity contribution in [3.05, 3.63) is 66.1 Å². The van der Waals surface area contributed by atoms with Gasteiger partial charge in [-0.2, -0.15) is 0 Å². The second kappa shape index (κ2) is 21.0. The van der Waals surface area contributed by atoms with E-state index in [4.69, 9.17) is 14.0 Å². The maximum atomic E-state index is 11.0. The molecule has 18 heavy (non-hydrogen) atoms. The summed E-state index contributed by atoms with van der Waals surface area (Å²) in [7, 11) is 0. The van der Waals surface area contributed by atoms with Gasteiger partial charge in [0.2, 0.25) is 0 Å². The topological polar surface area (TPSA) is 76.8 Å². The fraction of sp³-hybridized carbons (Fsp3) is 0.231. The van der Waals surface area contributed by atoms with E-state index in [0.717, 1.165) is 5.56 Å². The molecule has 1 aromatic carbocycles. The summed E-state index contributed by atoms with van der Waals surface area (Å²) < 4.78 is 22.5. The zero-order chi connectivity index (χ0) is 14.3. The molecule has 0 saturated heterocycles. The summed E-state index contributed by atoms with van der Waals surface area (Å²) in [6, 6.07) is 8.91. The van der Waals surface area contributed by atoms with Crippen LogP contribution in [0.2, 0.25) is 0 Å². The van der Waals surface area contributed by atoms with Crippen molar-refractivity contribution >= 4 is 0 Å². The predicted octanol–water partition coefficient (Wildman–Crippen LogP) is 2.06. The molecule has 0 bridgehead atoms. The van der Waals surface area contributed by atoms with Crippen LogP contribution >= 0.6 is 0 Å². The standard InChI is InChI=1S/C10H12O.3CO.Fe/c1-8(2)9-5-3-4-6-10(11)7-9;3*1-2;/h3-8H,1-2H3;;;;. The van der Waals surface area contributed by atoms with Crippen molar-refractivity contribution in [2.75, 3.05) is 0 Å². The van der Waals surface area contributed by atoms with Gasteiger partial charge in [-0.3, -0.25) is 4.79 Å². The van der Waals surface area contributed by atoms with Gasteiger partial charge in [0.1, 0.15) is 0 Å². The Kier molecular flexibility index (Phi) is 29.7. The monoisotopic (exact) mass is 288 g/mol. The van der Waals surface area contributed by atoms with E-state index in [1.165, 1.54) is 0 Å². The third-order valence-electron chi connectivity index (χ3n) is 1.64. The van der Waals surface area contributed by atoms with E-state index in [-0.39, 0.29) is 22.5 Å². The van der Waals surface area contributed by atoms with Crippen molar-refractivity contribution in [3.8, 4) is 0 Å². The third kappa shape index (κ3) is 14.6. The summed E-state index contributed by atoms with van der Waals surface area (Å²) in [6.45, 7) is 17.7. The van der Waals surface area contributed by atoms with Crippen LogP contribution in [0.15, 0.2) is 35.1 Å². The maximum absolute atomic E-state index is 11.0. The van der Waals surface area contributed by atoms with Gasteiger partial charge in [-0.15, -0.1) is 0 Å². The van der Waals surface area contributed by atoms with Gasteiger partial charge in [0.15, 0.2) is 5.43 Å². The largest absolute Gasteiger partial charge is 0 e. The maximum Gasteiger partial charge on any atom is 0 e. The Morgan fingerprint density at radius 3 is 1.72 bits per heavy atom. The van der Waals surface area contributed by atoms with Gasteiger partial charge < -0.3 is 0 Å². The second-order valence-corrected chi connectivity index (χ2v) is 2.92. The molecule has 0 aromatic heterocycles. The molecule has 0 radical (unpaired) electrons. The predicted molar refractivity (Wildman–Crippen MR) is 58.6 cm³/mol. The van der Waals surface area contributed by atoms with E-state index in [9.17, 15) is 4.79 Å². The summed E-state index contributed by atoms with van der Waals surface area (Å²) in [5, 5.41) is 0. The van der Waals surface area contributed by atoms with E-state index >= 15 is 0 Å². The Morgan fingerprint density at radius 1 is 0.944 bits per heavy atom. The van der Waals surface area contributed by atoms with Crippen molar-refractivity contribution in [1.29, 1.82) is 0 Å². The summed E-state index contributed by atoms with van der Waals surface area (Å²) in [6.07, 6.45) is 0. The molecule has 0 spiro atoms. The summed E-state index contributed by atoms with van der Waals surface area (Å²) >= 11 is 0. The molecule has 0 aliphatic rings. The molecule has 0 N–H and O–H groups in total. The molecule has 0 unspecified atom stereocenters. The van der Waals surface area contributed by atoms with Crippen LogP contribution in [0.25, 0.3) is 0 Å². The Labute approximate surface area is 117 Å². The van der Waals surface area contributed by atoms with Crippen molar-refractivity contribution in [2.24, 2.45) is 0 Å². The minimum Gasteiger partial charge on any atom is 0 e. The molecule has 0 saturated carbocycles. The average Bonchev–Trinajstić information content (AvgIpc) is 2.61. The SMILES string of the molecule is CC(C)c1ccccc(=O)c1.[C-]#[O+].[C-]#[O+].[C-]#[O+].[Fe]. The van der Waals surface area contributed by atoms with E-state index in [1.54, 1.807) is 18.2 Å². The van der Waals surface area contributed by atoms with Crippen LogP contribution in [-0.2, 0) is 31.0 Å². The van der Waals surface area contributed by atoms with Crippen LogP contribution in [-0.4, -0.2) is 0 Å². The molecule has 0 amide bonds. The Balaban J connectivity index is -0.000000123. The molecule has 0 atom stereocenters. The number of hydrogen-bond donors (Lipinski definition) is 0. The van der Waals surface area contributed by atoms with Gasteiger partial charge in [-0.1, -0.05) is 32.0 Å². The van der Waals surface area contributed by atoms with Crippen LogP contribution in [0.5, 0.6) is 0 Å². The number of rotatable bonds is 1. The minimum atomic E-state index is 0. The summed E-state index contributed by atoms with van der Waals surface area (Å²) in [5.41, 5.74) is 1.18. The molecular weight excluding hydrogens is 276 g/mol. The fourth-order valence-corrected chi connectivity index (χ4v) is 0.937. The zero-order valence-electron chi connectivity index (χ0n) is 9.95.